The lowest BCUT2D eigenvalue weighted by molar-refractivity contribution is -0.135. The summed E-state index contributed by atoms with van der Waals surface area (Å²) in [7, 11) is 0. The Morgan fingerprint density at radius 1 is 1.21 bits per heavy atom. The van der Waals surface area contributed by atoms with Gasteiger partial charge in [0.05, 0.1) is 12.8 Å². The topological polar surface area (TPSA) is 99.0 Å². The van der Waals surface area contributed by atoms with Gasteiger partial charge in [-0.05, 0) is 38.3 Å². The number of aliphatic imine (C=N–C) groups is 1. The Morgan fingerprint density at radius 2 is 2.03 bits per heavy atom. The molecule has 1 aromatic rings. The molecular formula is C21H33N5O3. The number of nitrogens with one attached hydrogen (secondary N) is 3. The summed E-state index contributed by atoms with van der Waals surface area (Å²) in [5, 5.41) is 9.34. The zero-order chi connectivity index (χ0) is 20.5. The number of amides is 2. The molecule has 1 saturated carbocycles. The molecule has 8 heteroatoms. The summed E-state index contributed by atoms with van der Waals surface area (Å²) < 4.78 is 5.20. The highest BCUT2D eigenvalue weighted by molar-refractivity contribution is 5.85. The Hall–Kier alpha value is -2.51. The molecule has 0 radical (unpaired) electrons. The quantitative estimate of drug-likeness (QED) is 0.475. The summed E-state index contributed by atoms with van der Waals surface area (Å²) in [5.41, 5.74) is 0. The maximum absolute atomic E-state index is 12.7. The first-order chi connectivity index (χ1) is 14.2. The van der Waals surface area contributed by atoms with Gasteiger partial charge in [-0.2, -0.15) is 0 Å². The van der Waals surface area contributed by atoms with E-state index in [1.165, 1.54) is 19.3 Å². The van der Waals surface area contributed by atoms with Crippen LogP contribution in [0.25, 0.3) is 0 Å². The molecule has 29 heavy (non-hydrogen) atoms. The van der Waals surface area contributed by atoms with Crippen molar-refractivity contribution in [1.82, 2.24) is 20.9 Å². The summed E-state index contributed by atoms with van der Waals surface area (Å²) in [6.45, 7) is 4.57. The van der Waals surface area contributed by atoms with Gasteiger partial charge >= 0.3 is 0 Å². The van der Waals surface area contributed by atoms with Gasteiger partial charge in [0, 0.05) is 31.6 Å². The fraction of sp³-hybridized carbons (Fsp3) is 0.667. The normalized spacial score (nSPS) is 20.5. The number of carbonyl (C=O) groups is 2. The molecular weight excluding hydrogens is 370 g/mol. The maximum Gasteiger partial charge on any atom is 0.242 e. The molecule has 2 aliphatic rings. The smallest absolute Gasteiger partial charge is 0.242 e. The molecule has 1 saturated heterocycles. The highest BCUT2D eigenvalue weighted by Gasteiger charge is 2.31. The second kappa shape index (κ2) is 10.9. The largest absolute Gasteiger partial charge is 0.467 e. The van der Waals surface area contributed by atoms with Crippen molar-refractivity contribution in [2.24, 2.45) is 10.9 Å². The van der Waals surface area contributed by atoms with Crippen LogP contribution in [0.15, 0.2) is 27.8 Å². The second-order valence-electron chi connectivity index (χ2n) is 7.80. The summed E-state index contributed by atoms with van der Waals surface area (Å²) in [6.07, 6.45) is 8.14. The predicted molar refractivity (Wildman–Crippen MR) is 111 cm³/mol. The van der Waals surface area contributed by atoms with E-state index >= 15 is 0 Å². The Labute approximate surface area is 172 Å². The number of furan rings is 1. The van der Waals surface area contributed by atoms with E-state index < -0.39 is 0 Å². The average molecular weight is 404 g/mol. The molecule has 3 rings (SSSR count). The molecule has 1 aliphatic heterocycles. The highest BCUT2D eigenvalue weighted by atomic mass is 16.3. The van der Waals surface area contributed by atoms with E-state index in [0.717, 1.165) is 25.8 Å². The first-order valence-electron chi connectivity index (χ1n) is 10.8. The van der Waals surface area contributed by atoms with Gasteiger partial charge < -0.3 is 25.3 Å². The average Bonchev–Trinajstić information content (AvgIpc) is 3.43. The molecule has 3 N–H and O–H groups in total. The lowest BCUT2D eigenvalue weighted by atomic mass is 9.88. The summed E-state index contributed by atoms with van der Waals surface area (Å²) >= 11 is 0. The fourth-order valence-electron chi connectivity index (χ4n) is 4.00. The minimum absolute atomic E-state index is 0.0352. The molecule has 2 fully saturated rings. The molecule has 0 spiro atoms. The number of carbonyl (C=O) groups excluding carboxylic acids is 2. The van der Waals surface area contributed by atoms with E-state index in [1.807, 2.05) is 17.9 Å². The number of hydrogen-bond donors (Lipinski definition) is 3. The number of rotatable bonds is 7. The Morgan fingerprint density at radius 3 is 2.76 bits per heavy atom. The summed E-state index contributed by atoms with van der Waals surface area (Å²) in [4.78, 5) is 31.1. The molecule has 1 unspecified atom stereocenters. The zero-order valence-electron chi connectivity index (χ0n) is 17.3. The molecule has 1 aromatic heterocycles. The minimum atomic E-state index is -0.167. The third-order valence-electron chi connectivity index (χ3n) is 5.56. The molecule has 1 aliphatic carbocycles. The Balaban J connectivity index is 1.45. The van der Waals surface area contributed by atoms with Crippen LogP contribution in [0.4, 0.5) is 0 Å². The Bertz CT molecular complexity index is 682. The van der Waals surface area contributed by atoms with E-state index in [0.29, 0.717) is 37.3 Å². The molecule has 8 nitrogen and oxygen atoms in total. The van der Waals surface area contributed by atoms with E-state index in [1.54, 1.807) is 12.3 Å². The van der Waals surface area contributed by atoms with Gasteiger partial charge in [-0.25, -0.2) is 4.99 Å². The van der Waals surface area contributed by atoms with E-state index in [2.05, 4.69) is 20.9 Å². The third-order valence-corrected chi connectivity index (χ3v) is 5.56. The molecule has 2 heterocycles. The number of hydrogen-bond acceptors (Lipinski definition) is 4. The van der Waals surface area contributed by atoms with Crippen LogP contribution in [0.1, 0.15) is 51.2 Å². The Kier molecular flexibility index (Phi) is 7.95. The third kappa shape index (κ3) is 6.51. The van der Waals surface area contributed by atoms with Crippen molar-refractivity contribution in [3.8, 4) is 0 Å². The standard InChI is InChI=1S/C21H33N5O3/c1-2-22-21(24-14-19(27)23-13-18-9-6-12-29-18)25-17-10-11-26(15-17)20(28)16-7-4-3-5-8-16/h6,9,12,16-17H,2-5,7-8,10-11,13-15H2,1H3,(H,23,27)(H2,22,24,25). The van der Waals surface area contributed by atoms with Crippen LogP contribution in [0.3, 0.4) is 0 Å². The van der Waals surface area contributed by atoms with E-state index in [-0.39, 0.29) is 24.4 Å². The van der Waals surface area contributed by atoms with Crippen molar-refractivity contribution in [2.45, 2.75) is 58.0 Å². The number of nitrogens with zero attached hydrogens (tertiary/aromatic N) is 2. The van der Waals surface area contributed by atoms with Crippen LogP contribution in [-0.2, 0) is 16.1 Å². The highest BCUT2D eigenvalue weighted by Crippen LogP contribution is 2.26. The number of likely N-dealkylation sites (tertiary alicyclic amines) is 1. The van der Waals surface area contributed by atoms with Crippen LogP contribution in [0.2, 0.25) is 0 Å². The first kappa shape index (κ1) is 21.2. The summed E-state index contributed by atoms with van der Waals surface area (Å²) in [5.74, 6) is 1.67. The van der Waals surface area contributed by atoms with Gasteiger partial charge in [-0.15, -0.1) is 0 Å². The van der Waals surface area contributed by atoms with E-state index in [9.17, 15) is 9.59 Å². The van der Waals surface area contributed by atoms with Crippen LogP contribution in [-0.4, -0.2) is 54.9 Å². The first-order valence-corrected chi connectivity index (χ1v) is 10.8. The van der Waals surface area contributed by atoms with Crippen LogP contribution in [0.5, 0.6) is 0 Å². The zero-order valence-corrected chi connectivity index (χ0v) is 17.3. The van der Waals surface area contributed by atoms with E-state index in [4.69, 9.17) is 4.42 Å². The summed E-state index contributed by atoms with van der Waals surface area (Å²) in [6, 6.07) is 3.76. The predicted octanol–water partition coefficient (Wildman–Crippen LogP) is 1.63. The van der Waals surface area contributed by atoms with Crippen molar-refractivity contribution in [3.63, 3.8) is 0 Å². The van der Waals surface area contributed by atoms with Gasteiger partial charge in [0.15, 0.2) is 5.96 Å². The SMILES string of the molecule is CCNC(=NCC(=O)NCc1ccco1)NC1CCN(C(=O)C2CCCCC2)C1. The van der Waals surface area contributed by atoms with Crippen molar-refractivity contribution >= 4 is 17.8 Å². The van der Waals surface area contributed by atoms with Crippen molar-refractivity contribution in [3.05, 3.63) is 24.2 Å². The number of guanidine groups is 1. The van der Waals surface area contributed by atoms with Gasteiger partial charge in [0.1, 0.15) is 12.3 Å². The monoisotopic (exact) mass is 403 g/mol. The van der Waals surface area contributed by atoms with Crippen molar-refractivity contribution < 1.29 is 14.0 Å². The lowest BCUT2D eigenvalue weighted by Gasteiger charge is -2.26. The molecule has 160 valence electrons. The lowest BCUT2D eigenvalue weighted by Crippen LogP contribution is -2.46. The van der Waals surface area contributed by atoms with Crippen LogP contribution >= 0.6 is 0 Å². The van der Waals surface area contributed by atoms with Gasteiger partial charge in [0.2, 0.25) is 11.8 Å². The minimum Gasteiger partial charge on any atom is -0.467 e. The second-order valence-corrected chi connectivity index (χ2v) is 7.80. The molecule has 0 aromatic carbocycles. The van der Waals surface area contributed by atoms with Gasteiger partial charge in [0.25, 0.3) is 0 Å². The van der Waals surface area contributed by atoms with Crippen molar-refractivity contribution in [2.75, 3.05) is 26.2 Å². The van der Waals surface area contributed by atoms with Gasteiger partial charge in [-0.3, -0.25) is 9.59 Å². The molecule has 1 atom stereocenters. The van der Waals surface area contributed by atoms with Gasteiger partial charge in [-0.1, -0.05) is 19.3 Å². The van der Waals surface area contributed by atoms with Crippen LogP contribution < -0.4 is 16.0 Å². The van der Waals surface area contributed by atoms with Crippen molar-refractivity contribution in [1.29, 1.82) is 0 Å². The van der Waals surface area contributed by atoms with Crippen LogP contribution in [0, 0.1) is 5.92 Å². The maximum atomic E-state index is 12.7. The fourth-order valence-corrected chi connectivity index (χ4v) is 4.00. The molecule has 0 bridgehead atoms. The molecule has 2 amide bonds.